The molecule has 1 aromatic carbocycles. The summed E-state index contributed by atoms with van der Waals surface area (Å²) in [7, 11) is 0. The van der Waals surface area contributed by atoms with Gasteiger partial charge in [0, 0.05) is 12.4 Å². The Bertz CT molecular complexity index is 609. The largest absolute Gasteiger partial charge is 0.490 e. The number of aromatic carboxylic acids is 1. The zero-order chi connectivity index (χ0) is 13.2. The van der Waals surface area contributed by atoms with Crippen molar-refractivity contribution in [2.24, 2.45) is 0 Å². The van der Waals surface area contributed by atoms with Crippen molar-refractivity contribution in [3.05, 3.63) is 42.2 Å². The second kappa shape index (κ2) is 4.68. The highest BCUT2D eigenvalue weighted by Gasteiger charge is 2.25. The molecule has 1 N–H and O–H groups in total. The van der Waals surface area contributed by atoms with E-state index in [-0.39, 0.29) is 11.7 Å². The first-order valence-corrected chi connectivity index (χ1v) is 6.05. The third-order valence-electron chi connectivity index (χ3n) is 2.85. The van der Waals surface area contributed by atoms with Crippen LogP contribution in [-0.2, 0) is 0 Å². The van der Waals surface area contributed by atoms with Crippen LogP contribution in [-0.4, -0.2) is 27.1 Å². The summed E-state index contributed by atoms with van der Waals surface area (Å²) in [6.07, 6.45) is 5.55. The molecule has 1 heterocycles. The molecule has 1 aliphatic carbocycles. The highest BCUT2D eigenvalue weighted by Crippen LogP contribution is 2.34. The van der Waals surface area contributed by atoms with Gasteiger partial charge in [0.2, 0.25) is 0 Å². The van der Waals surface area contributed by atoms with Crippen molar-refractivity contribution < 1.29 is 14.6 Å². The van der Waals surface area contributed by atoms with Crippen LogP contribution in [0.3, 0.4) is 0 Å². The van der Waals surface area contributed by atoms with Crippen LogP contribution in [0.25, 0.3) is 11.4 Å². The van der Waals surface area contributed by atoms with Crippen LogP contribution in [0.5, 0.6) is 5.75 Å². The van der Waals surface area contributed by atoms with Gasteiger partial charge >= 0.3 is 5.97 Å². The van der Waals surface area contributed by atoms with E-state index in [4.69, 9.17) is 9.84 Å². The maximum absolute atomic E-state index is 11.0. The zero-order valence-corrected chi connectivity index (χ0v) is 10.1. The third kappa shape index (κ3) is 2.54. The molecule has 0 aliphatic heterocycles. The lowest BCUT2D eigenvalue weighted by molar-refractivity contribution is 0.0697. The van der Waals surface area contributed by atoms with Crippen LogP contribution in [0.1, 0.15) is 23.2 Å². The Morgan fingerprint density at radius 1 is 1.26 bits per heavy atom. The predicted molar refractivity (Wildman–Crippen MR) is 68.1 cm³/mol. The molecule has 5 nitrogen and oxygen atoms in total. The van der Waals surface area contributed by atoms with Gasteiger partial charge in [-0.1, -0.05) is 0 Å². The molecule has 0 bridgehead atoms. The smallest absolute Gasteiger partial charge is 0.335 e. The van der Waals surface area contributed by atoms with Crippen LogP contribution in [0, 0.1) is 0 Å². The Kier molecular flexibility index (Phi) is 2.87. The molecule has 96 valence electrons. The topological polar surface area (TPSA) is 72.3 Å². The number of hydrogen-bond acceptors (Lipinski definition) is 4. The number of carbonyl (C=O) groups is 1. The molecule has 0 spiro atoms. The Morgan fingerprint density at radius 2 is 2.00 bits per heavy atom. The summed E-state index contributed by atoms with van der Waals surface area (Å²) in [4.78, 5) is 19.4. The molecule has 5 heteroatoms. The van der Waals surface area contributed by atoms with E-state index in [1.54, 1.807) is 30.6 Å². The van der Waals surface area contributed by atoms with Crippen LogP contribution in [0.2, 0.25) is 0 Å². The molecule has 0 amide bonds. The lowest BCUT2D eigenvalue weighted by Crippen LogP contribution is -2.02. The Hall–Kier alpha value is -2.43. The van der Waals surface area contributed by atoms with Crippen molar-refractivity contribution in [3.8, 4) is 17.1 Å². The molecule has 1 aliphatic rings. The predicted octanol–water partition coefficient (Wildman–Crippen LogP) is 2.38. The third-order valence-corrected chi connectivity index (χ3v) is 2.85. The van der Waals surface area contributed by atoms with Gasteiger partial charge in [-0.05, 0) is 37.1 Å². The minimum atomic E-state index is -0.977. The van der Waals surface area contributed by atoms with Crippen LogP contribution in [0.4, 0.5) is 0 Å². The second-order valence-electron chi connectivity index (χ2n) is 4.41. The quantitative estimate of drug-likeness (QED) is 0.909. The summed E-state index contributed by atoms with van der Waals surface area (Å²) < 4.78 is 5.77. The average molecular weight is 256 g/mol. The minimum Gasteiger partial charge on any atom is -0.490 e. The summed E-state index contributed by atoms with van der Waals surface area (Å²) in [5.41, 5.74) is 0.818. The Morgan fingerprint density at radius 3 is 2.63 bits per heavy atom. The van der Waals surface area contributed by atoms with Gasteiger partial charge in [-0.15, -0.1) is 0 Å². The van der Waals surface area contributed by atoms with E-state index >= 15 is 0 Å². The van der Waals surface area contributed by atoms with E-state index in [2.05, 4.69) is 9.97 Å². The molecule has 0 atom stereocenters. The molecule has 1 aromatic heterocycles. The van der Waals surface area contributed by atoms with Crippen molar-refractivity contribution in [2.45, 2.75) is 18.9 Å². The number of carboxylic acid groups (broad SMARTS) is 1. The molecule has 0 radical (unpaired) electrons. The molecule has 2 aromatic rings. The summed E-state index contributed by atoms with van der Waals surface area (Å²) in [6.45, 7) is 0. The van der Waals surface area contributed by atoms with E-state index in [1.165, 1.54) is 6.07 Å². The van der Waals surface area contributed by atoms with Gasteiger partial charge in [-0.2, -0.15) is 0 Å². The number of carboxylic acids is 1. The zero-order valence-electron chi connectivity index (χ0n) is 10.1. The Labute approximate surface area is 109 Å². The van der Waals surface area contributed by atoms with Gasteiger partial charge in [0.05, 0.1) is 17.2 Å². The number of aromatic nitrogens is 2. The van der Waals surface area contributed by atoms with Gasteiger partial charge in [-0.25, -0.2) is 14.8 Å². The first-order valence-electron chi connectivity index (χ1n) is 6.05. The average Bonchev–Trinajstić information content (AvgIpc) is 3.24. The second-order valence-corrected chi connectivity index (χ2v) is 4.41. The number of nitrogens with zero attached hydrogens (tertiary/aromatic N) is 2. The molecule has 19 heavy (non-hydrogen) atoms. The van der Waals surface area contributed by atoms with Crippen molar-refractivity contribution >= 4 is 5.97 Å². The summed E-state index contributed by atoms with van der Waals surface area (Å²) in [5, 5.41) is 9.06. The molecular weight excluding hydrogens is 244 g/mol. The van der Waals surface area contributed by atoms with E-state index < -0.39 is 5.97 Å². The number of rotatable bonds is 4. The van der Waals surface area contributed by atoms with E-state index in [0.717, 1.165) is 12.8 Å². The molecule has 0 unspecified atom stereocenters. The van der Waals surface area contributed by atoms with Gasteiger partial charge in [0.25, 0.3) is 0 Å². The fourth-order valence-electron chi connectivity index (χ4n) is 1.74. The normalized spacial score (nSPS) is 14.1. The number of benzene rings is 1. The summed E-state index contributed by atoms with van der Waals surface area (Å²) in [6, 6.07) is 6.47. The maximum Gasteiger partial charge on any atom is 0.335 e. The molecular formula is C14H12N2O3. The molecule has 0 saturated heterocycles. The van der Waals surface area contributed by atoms with Gasteiger partial charge < -0.3 is 9.84 Å². The summed E-state index contributed by atoms with van der Waals surface area (Å²) >= 11 is 0. The SMILES string of the molecule is O=C(O)c1ccc(OC2CC2)c(-c2ncccn2)c1. The first-order chi connectivity index (χ1) is 9.24. The minimum absolute atomic E-state index is 0.200. The van der Waals surface area contributed by atoms with Crippen LogP contribution < -0.4 is 4.74 Å². The fraction of sp³-hybridized carbons (Fsp3) is 0.214. The van der Waals surface area contributed by atoms with E-state index in [9.17, 15) is 4.79 Å². The lowest BCUT2D eigenvalue weighted by atomic mass is 10.1. The van der Waals surface area contributed by atoms with Crippen LogP contribution >= 0.6 is 0 Å². The van der Waals surface area contributed by atoms with E-state index in [0.29, 0.717) is 17.1 Å². The molecule has 3 rings (SSSR count). The maximum atomic E-state index is 11.0. The number of hydrogen-bond donors (Lipinski definition) is 1. The van der Waals surface area contributed by atoms with Crippen molar-refractivity contribution in [1.29, 1.82) is 0 Å². The standard InChI is InChI=1S/C14H12N2O3/c17-14(18)9-2-5-12(19-10-3-4-10)11(8-9)13-15-6-1-7-16-13/h1-2,5-8,10H,3-4H2,(H,17,18). The van der Waals surface area contributed by atoms with Gasteiger partial charge in [0.15, 0.2) is 5.82 Å². The van der Waals surface area contributed by atoms with Gasteiger partial charge in [-0.3, -0.25) is 0 Å². The van der Waals surface area contributed by atoms with Crippen molar-refractivity contribution in [1.82, 2.24) is 9.97 Å². The highest BCUT2D eigenvalue weighted by atomic mass is 16.5. The summed E-state index contributed by atoms with van der Waals surface area (Å²) in [5.74, 6) is 0.134. The molecule has 1 fully saturated rings. The fourth-order valence-corrected chi connectivity index (χ4v) is 1.74. The van der Waals surface area contributed by atoms with E-state index in [1.807, 2.05) is 0 Å². The van der Waals surface area contributed by atoms with Crippen LogP contribution in [0.15, 0.2) is 36.7 Å². The first kappa shape index (κ1) is 11.6. The van der Waals surface area contributed by atoms with Crippen molar-refractivity contribution in [3.63, 3.8) is 0 Å². The lowest BCUT2D eigenvalue weighted by Gasteiger charge is -2.10. The Balaban J connectivity index is 2.06. The number of ether oxygens (including phenoxy) is 1. The monoisotopic (exact) mass is 256 g/mol. The van der Waals surface area contributed by atoms with Gasteiger partial charge in [0.1, 0.15) is 5.75 Å². The van der Waals surface area contributed by atoms with Crippen molar-refractivity contribution in [2.75, 3.05) is 0 Å². The molecule has 1 saturated carbocycles. The highest BCUT2D eigenvalue weighted by molar-refractivity contribution is 5.90.